The van der Waals surface area contributed by atoms with E-state index in [2.05, 4.69) is 43.4 Å². The van der Waals surface area contributed by atoms with Gasteiger partial charge in [-0.2, -0.15) is 0 Å². The summed E-state index contributed by atoms with van der Waals surface area (Å²) in [7, 11) is 1.92. The molecule has 3 nitrogen and oxygen atoms in total. The first-order valence-electron chi connectivity index (χ1n) is 7.33. The van der Waals surface area contributed by atoms with Crippen LogP contribution in [0, 0.1) is 0 Å². The van der Waals surface area contributed by atoms with Crippen LogP contribution in [-0.4, -0.2) is 36.2 Å². The van der Waals surface area contributed by atoms with E-state index in [9.17, 15) is 4.79 Å². The van der Waals surface area contributed by atoms with E-state index < -0.39 is 0 Å². The highest BCUT2D eigenvalue weighted by atomic mass is 32.2. The summed E-state index contributed by atoms with van der Waals surface area (Å²) in [5, 5.41) is 3.40. The second-order valence-corrected chi connectivity index (χ2v) is 6.42. The molecule has 1 saturated carbocycles. The molecule has 1 fully saturated rings. The molecule has 1 unspecified atom stereocenters. The van der Waals surface area contributed by atoms with Crippen LogP contribution in [0.25, 0.3) is 0 Å². The summed E-state index contributed by atoms with van der Waals surface area (Å²) >= 11 is 1.62. The van der Waals surface area contributed by atoms with Gasteiger partial charge in [0.15, 0.2) is 0 Å². The summed E-state index contributed by atoms with van der Waals surface area (Å²) in [5.41, 5.74) is 1.29. The van der Waals surface area contributed by atoms with E-state index in [4.69, 9.17) is 0 Å². The maximum atomic E-state index is 12.0. The fourth-order valence-corrected chi connectivity index (χ4v) is 3.01. The van der Waals surface area contributed by atoms with E-state index in [1.54, 1.807) is 11.8 Å². The Morgan fingerprint density at radius 1 is 1.40 bits per heavy atom. The molecule has 20 heavy (non-hydrogen) atoms. The molecular weight excluding hydrogens is 268 g/mol. The van der Waals surface area contributed by atoms with Crippen LogP contribution < -0.4 is 5.32 Å². The molecular formula is C16H24N2OS. The monoisotopic (exact) mass is 292 g/mol. The average Bonchev–Trinajstić information content (AvgIpc) is 3.29. The molecule has 1 aliphatic rings. The third kappa shape index (κ3) is 4.25. The number of amides is 1. The first kappa shape index (κ1) is 15.4. The van der Waals surface area contributed by atoms with Gasteiger partial charge in [-0.25, -0.2) is 0 Å². The third-order valence-electron chi connectivity index (χ3n) is 3.74. The van der Waals surface area contributed by atoms with Crippen molar-refractivity contribution in [2.75, 3.05) is 19.3 Å². The van der Waals surface area contributed by atoms with Crippen molar-refractivity contribution in [3.05, 3.63) is 29.8 Å². The van der Waals surface area contributed by atoms with Crippen molar-refractivity contribution in [1.82, 2.24) is 10.2 Å². The number of thioether (sulfide) groups is 1. The predicted molar refractivity (Wildman–Crippen MR) is 85.0 cm³/mol. The van der Waals surface area contributed by atoms with Gasteiger partial charge in [0.1, 0.15) is 0 Å². The zero-order valence-electron chi connectivity index (χ0n) is 12.6. The van der Waals surface area contributed by atoms with Gasteiger partial charge in [-0.05, 0) is 44.0 Å². The highest BCUT2D eigenvalue weighted by Crippen LogP contribution is 2.27. The maximum absolute atomic E-state index is 12.0. The number of hydrogen-bond donors (Lipinski definition) is 1. The molecule has 110 valence electrons. The van der Waals surface area contributed by atoms with Gasteiger partial charge < -0.3 is 10.2 Å². The normalized spacial score (nSPS) is 15.9. The molecule has 1 aliphatic carbocycles. The van der Waals surface area contributed by atoms with Crippen LogP contribution in [0.3, 0.4) is 0 Å². The maximum Gasteiger partial charge on any atom is 0.232 e. The third-order valence-corrected chi connectivity index (χ3v) is 4.74. The first-order valence-corrected chi connectivity index (χ1v) is 8.32. The Balaban J connectivity index is 1.82. The largest absolute Gasteiger partial charge is 0.342 e. The first-order chi connectivity index (χ1) is 9.61. The van der Waals surface area contributed by atoms with E-state index in [1.807, 2.05) is 11.9 Å². The van der Waals surface area contributed by atoms with E-state index in [1.165, 1.54) is 18.4 Å². The Labute approximate surface area is 126 Å². The smallest absolute Gasteiger partial charge is 0.232 e. The quantitative estimate of drug-likeness (QED) is 0.784. The zero-order chi connectivity index (χ0) is 14.5. The summed E-state index contributed by atoms with van der Waals surface area (Å²) in [6.45, 7) is 5.25. The molecule has 0 aliphatic heterocycles. The van der Waals surface area contributed by atoms with Gasteiger partial charge in [-0.15, -0.1) is 11.8 Å². The highest BCUT2D eigenvalue weighted by molar-refractivity contribution is 8.00. The predicted octanol–water partition coefficient (Wildman–Crippen LogP) is 3.07. The van der Waals surface area contributed by atoms with Crippen molar-refractivity contribution in [3.8, 4) is 0 Å². The van der Waals surface area contributed by atoms with E-state index in [-0.39, 0.29) is 5.91 Å². The summed E-state index contributed by atoms with van der Waals surface area (Å²) < 4.78 is 0. The average molecular weight is 292 g/mol. The van der Waals surface area contributed by atoms with Gasteiger partial charge >= 0.3 is 0 Å². The van der Waals surface area contributed by atoms with E-state index >= 15 is 0 Å². The molecule has 1 amide bonds. The van der Waals surface area contributed by atoms with Crippen LogP contribution in [0.15, 0.2) is 29.2 Å². The minimum absolute atomic E-state index is 0.239. The molecule has 1 atom stereocenters. The minimum Gasteiger partial charge on any atom is -0.342 e. The molecule has 2 rings (SSSR count). The molecule has 0 aromatic heterocycles. The van der Waals surface area contributed by atoms with Crippen molar-refractivity contribution in [2.24, 2.45) is 0 Å². The molecule has 1 N–H and O–H groups in total. The lowest BCUT2D eigenvalue weighted by Crippen LogP contribution is -2.30. The van der Waals surface area contributed by atoms with Crippen molar-refractivity contribution >= 4 is 17.7 Å². The van der Waals surface area contributed by atoms with Crippen LogP contribution in [0.5, 0.6) is 0 Å². The van der Waals surface area contributed by atoms with Crippen LogP contribution in [0.4, 0.5) is 0 Å². The lowest BCUT2D eigenvalue weighted by Gasteiger charge is -2.16. The van der Waals surface area contributed by atoms with Crippen molar-refractivity contribution in [1.29, 1.82) is 0 Å². The molecule has 0 heterocycles. The molecule has 0 radical (unpaired) electrons. The van der Waals surface area contributed by atoms with Crippen LogP contribution in [0.2, 0.25) is 0 Å². The Hall–Kier alpha value is -1.00. The molecule has 0 spiro atoms. The Kier molecular flexibility index (Phi) is 5.49. The van der Waals surface area contributed by atoms with Gasteiger partial charge in [-0.1, -0.05) is 19.1 Å². The number of nitrogens with zero attached hydrogens (tertiary/aromatic N) is 1. The van der Waals surface area contributed by atoms with Crippen LogP contribution in [0.1, 0.15) is 38.3 Å². The molecule has 1 aromatic rings. The standard InChI is InChI=1S/C16H24N2OS/c1-4-17-12(2)13-5-9-15(10-6-13)20-11-16(19)18(3)14-7-8-14/h5-6,9-10,12,14,17H,4,7-8,11H2,1-3H3. The molecule has 0 bridgehead atoms. The fourth-order valence-electron chi connectivity index (χ4n) is 2.19. The second-order valence-electron chi connectivity index (χ2n) is 5.37. The Morgan fingerprint density at radius 3 is 2.60 bits per heavy atom. The van der Waals surface area contributed by atoms with Gasteiger partial charge in [-0.3, -0.25) is 4.79 Å². The number of nitrogens with one attached hydrogen (secondary N) is 1. The highest BCUT2D eigenvalue weighted by Gasteiger charge is 2.29. The zero-order valence-corrected chi connectivity index (χ0v) is 13.4. The van der Waals surface area contributed by atoms with Gasteiger partial charge in [0.2, 0.25) is 5.91 Å². The number of carbonyl (C=O) groups is 1. The number of carbonyl (C=O) groups excluding carboxylic acids is 1. The number of rotatable bonds is 7. The van der Waals surface area contributed by atoms with E-state index in [0.717, 1.165) is 11.4 Å². The summed E-state index contributed by atoms with van der Waals surface area (Å²) in [6.07, 6.45) is 2.34. The van der Waals surface area contributed by atoms with Gasteiger partial charge in [0.25, 0.3) is 0 Å². The van der Waals surface area contributed by atoms with Crippen molar-refractivity contribution in [2.45, 2.75) is 43.7 Å². The van der Waals surface area contributed by atoms with Crippen LogP contribution >= 0.6 is 11.8 Å². The lowest BCUT2D eigenvalue weighted by molar-refractivity contribution is -0.127. The van der Waals surface area contributed by atoms with Crippen LogP contribution in [-0.2, 0) is 4.79 Å². The second kappa shape index (κ2) is 7.14. The molecule has 1 aromatic carbocycles. The number of benzene rings is 1. The fraction of sp³-hybridized carbons (Fsp3) is 0.562. The lowest BCUT2D eigenvalue weighted by atomic mass is 10.1. The summed E-state index contributed by atoms with van der Waals surface area (Å²) in [4.78, 5) is 15.0. The van der Waals surface area contributed by atoms with Gasteiger partial charge in [0.05, 0.1) is 5.75 Å². The van der Waals surface area contributed by atoms with Crippen molar-refractivity contribution < 1.29 is 4.79 Å². The Bertz CT molecular complexity index is 442. The summed E-state index contributed by atoms with van der Waals surface area (Å²) in [6, 6.07) is 9.39. The summed E-state index contributed by atoms with van der Waals surface area (Å²) in [5.74, 6) is 0.775. The minimum atomic E-state index is 0.239. The van der Waals surface area contributed by atoms with Crippen molar-refractivity contribution in [3.63, 3.8) is 0 Å². The molecule has 0 saturated heterocycles. The number of hydrogen-bond acceptors (Lipinski definition) is 3. The SMILES string of the molecule is CCNC(C)c1ccc(SCC(=O)N(C)C2CC2)cc1. The topological polar surface area (TPSA) is 32.3 Å². The van der Waals surface area contributed by atoms with Gasteiger partial charge in [0, 0.05) is 24.0 Å². The molecule has 4 heteroatoms. The Morgan fingerprint density at radius 2 is 2.05 bits per heavy atom. The van der Waals surface area contributed by atoms with E-state index in [0.29, 0.717) is 17.8 Å².